The standard InChI is InChI=1S/C24H26FN3O2S/c1-18(12-13-26-14-16-27(17-15-26)21-10-8-20(25)9-11-21)28-22-6-2-4-19-5-3-7-23(24(19)22)31(28,29)30/h2-11,18H,12-17H2,1H3. The maximum Gasteiger partial charge on any atom is 0.265 e. The van der Waals surface area contributed by atoms with Gasteiger partial charge in [-0.15, -0.1) is 0 Å². The zero-order valence-electron chi connectivity index (χ0n) is 17.5. The molecule has 0 saturated carbocycles. The van der Waals surface area contributed by atoms with E-state index in [0.717, 1.165) is 61.3 Å². The lowest BCUT2D eigenvalue weighted by Crippen LogP contribution is -2.48. The lowest BCUT2D eigenvalue weighted by Gasteiger charge is -2.37. The summed E-state index contributed by atoms with van der Waals surface area (Å²) in [5, 5.41) is 1.80. The van der Waals surface area contributed by atoms with Crippen molar-refractivity contribution in [3.63, 3.8) is 0 Å². The second-order valence-corrected chi connectivity index (χ2v) is 10.2. The highest BCUT2D eigenvalue weighted by Crippen LogP contribution is 2.43. The van der Waals surface area contributed by atoms with Gasteiger partial charge in [-0.25, -0.2) is 12.8 Å². The van der Waals surface area contributed by atoms with E-state index in [4.69, 9.17) is 0 Å². The summed E-state index contributed by atoms with van der Waals surface area (Å²) in [6.45, 7) is 6.42. The van der Waals surface area contributed by atoms with Crippen LogP contribution in [0.2, 0.25) is 0 Å². The number of hydrogen-bond acceptors (Lipinski definition) is 4. The van der Waals surface area contributed by atoms with E-state index in [1.165, 1.54) is 12.1 Å². The van der Waals surface area contributed by atoms with Gasteiger partial charge in [0.05, 0.1) is 10.6 Å². The van der Waals surface area contributed by atoms with Crippen molar-refractivity contribution in [1.29, 1.82) is 0 Å². The molecule has 0 aliphatic carbocycles. The third-order valence-corrected chi connectivity index (χ3v) is 8.42. The van der Waals surface area contributed by atoms with Crippen LogP contribution >= 0.6 is 0 Å². The second kappa shape index (κ2) is 7.80. The summed E-state index contributed by atoms with van der Waals surface area (Å²) in [6, 6.07) is 17.8. The van der Waals surface area contributed by atoms with Crippen molar-refractivity contribution in [3.8, 4) is 0 Å². The molecule has 2 aliphatic heterocycles. The molecule has 2 heterocycles. The number of benzene rings is 3. The Morgan fingerprint density at radius 3 is 2.32 bits per heavy atom. The largest absolute Gasteiger partial charge is 0.369 e. The smallest absolute Gasteiger partial charge is 0.265 e. The fraction of sp³-hybridized carbons (Fsp3) is 0.333. The predicted octanol–water partition coefficient (Wildman–Crippen LogP) is 4.09. The highest BCUT2D eigenvalue weighted by atomic mass is 32.2. The molecule has 7 heteroatoms. The Bertz CT molecular complexity index is 1200. The molecule has 5 rings (SSSR count). The highest BCUT2D eigenvalue weighted by Gasteiger charge is 2.38. The van der Waals surface area contributed by atoms with Crippen LogP contribution in [-0.4, -0.2) is 52.1 Å². The fourth-order valence-electron chi connectivity index (χ4n) is 4.76. The molecule has 1 unspecified atom stereocenters. The maximum atomic E-state index is 13.3. The number of nitrogens with zero attached hydrogens (tertiary/aromatic N) is 3. The van der Waals surface area contributed by atoms with Crippen molar-refractivity contribution in [3.05, 3.63) is 66.5 Å². The van der Waals surface area contributed by atoms with Crippen molar-refractivity contribution in [2.75, 3.05) is 41.9 Å². The molecule has 162 valence electrons. The molecule has 0 N–H and O–H groups in total. The van der Waals surface area contributed by atoms with E-state index in [-0.39, 0.29) is 11.9 Å². The first kappa shape index (κ1) is 20.3. The highest BCUT2D eigenvalue weighted by molar-refractivity contribution is 7.93. The molecular weight excluding hydrogens is 413 g/mol. The zero-order valence-corrected chi connectivity index (χ0v) is 18.4. The normalized spacial score (nSPS) is 19.2. The molecule has 1 fully saturated rings. The summed E-state index contributed by atoms with van der Waals surface area (Å²) in [4.78, 5) is 5.06. The molecule has 3 aromatic carbocycles. The van der Waals surface area contributed by atoms with E-state index in [9.17, 15) is 12.8 Å². The summed E-state index contributed by atoms with van der Waals surface area (Å²) in [7, 11) is -3.52. The minimum atomic E-state index is -3.52. The summed E-state index contributed by atoms with van der Waals surface area (Å²) < 4.78 is 41.3. The van der Waals surface area contributed by atoms with Crippen LogP contribution < -0.4 is 9.21 Å². The summed E-state index contributed by atoms with van der Waals surface area (Å²) in [5.74, 6) is -0.217. The van der Waals surface area contributed by atoms with E-state index in [2.05, 4.69) is 9.80 Å². The average molecular weight is 440 g/mol. The lowest BCUT2D eigenvalue weighted by molar-refractivity contribution is 0.250. The molecule has 0 bridgehead atoms. The first-order valence-corrected chi connectivity index (χ1v) is 12.2. The molecule has 3 aromatic rings. The molecule has 0 aromatic heterocycles. The van der Waals surface area contributed by atoms with Gasteiger partial charge in [0.2, 0.25) is 0 Å². The number of sulfonamides is 1. The van der Waals surface area contributed by atoms with Crippen LogP contribution in [0.5, 0.6) is 0 Å². The summed E-state index contributed by atoms with van der Waals surface area (Å²) in [6.07, 6.45) is 0.764. The zero-order chi connectivity index (χ0) is 21.6. The van der Waals surface area contributed by atoms with Crippen LogP contribution in [-0.2, 0) is 10.0 Å². The Balaban J connectivity index is 1.24. The molecule has 31 heavy (non-hydrogen) atoms. The maximum absolute atomic E-state index is 13.3. The molecule has 0 radical (unpaired) electrons. The molecule has 0 spiro atoms. The summed E-state index contributed by atoms with van der Waals surface area (Å²) in [5.41, 5.74) is 1.84. The van der Waals surface area contributed by atoms with Crippen molar-refractivity contribution < 1.29 is 12.8 Å². The summed E-state index contributed by atoms with van der Waals surface area (Å²) >= 11 is 0. The van der Waals surface area contributed by atoms with Gasteiger partial charge < -0.3 is 4.90 Å². The quantitative estimate of drug-likeness (QED) is 0.601. The average Bonchev–Trinajstić information content (AvgIpc) is 3.01. The van der Waals surface area contributed by atoms with Gasteiger partial charge >= 0.3 is 0 Å². The van der Waals surface area contributed by atoms with Gasteiger partial charge in [0.15, 0.2) is 0 Å². The number of rotatable bonds is 5. The van der Waals surface area contributed by atoms with Gasteiger partial charge in [-0.05, 0) is 55.1 Å². The number of hydrogen-bond donors (Lipinski definition) is 0. The molecule has 2 aliphatic rings. The fourth-order valence-corrected chi connectivity index (χ4v) is 6.70. The first-order valence-electron chi connectivity index (χ1n) is 10.7. The second-order valence-electron chi connectivity index (χ2n) is 8.38. The number of halogens is 1. The van der Waals surface area contributed by atoms with Gasteiger partial charge in [-0.3, -0.25) is 9.21 Å². The van der Waals surface area contributed by atoms with Crippen molar-refractivity contribution >= 4 is 32.2 Å². The van der Waals surface area contributed by atoms with Gasteiger partial charge in [0.1, 0.15) is 5.82 Å². The Labute approximate surface area is 182 Å². The topological polar surface area (TPSA) is 43.9 Å². The van der Waals surface area contributed by atoms with E-state index in [0.29, 0.717) is 4.90 Å². The minimum absolute atomic E-state index is 0.127. The molecule has 5 nitrogen and oxygen atoms in total. The number of anilines is 2. The van der Waals surface area contributed by atoms with Crippen molar-refractivity contribution in [1.82, 2.24) is 4.90 Å². The Hall–Kier alpha value is -2.64. The molecule has 0 amide bonds. The van der Waals surface area contributed by atoms with E-state index in [1.54, 1.807) is 10.4 Å². The minimum Gasteiger partial charge on any atom is -0.369 e. The Morgan fingerprint density at radius 1 is 0.935 bits per heavy atom. The van der Waals surface area contributed by atoms with Gasteiger partial charge in [-0.1, -0.05) is 24.3 Å². The molecule has 1 atom stereocenters. The lowest BCUT2D eigenvalue weighted by atomic mass is 10.1. The predicted molar refractivity (Wildman–Crippen MR) is 123 cm³/mol. The molecular formula is C24H26FN3O2S. The van der Waals surface area contributed by atoms with Crippen molar-refractivity contribution in [2.24, 2.45) is 0 Å². The Morgan fingerprint density at radius 2 is 1.61 bits per heavy atom. The third-order valence-electron chi connectivity index (χ3n) is 6.45. The van der Waals surface area contributed by atoms with E-state index < -0.39 is 10.0 Å². The van der Waals surface area contributed by atoms with Crippen LogP contribution in [0.1, 0.15) is 13.3 Å². The van der Waals surface area contributed by atoms with Crippen LogP contribution in [0.15, 0.2) is 65.6 Å². The molecule has 1 saturated heterocycles. The van der Waals surface area contributed by atoms with E-state index >= 15 is 0 Å². The SMILES string of the molecule is CC(CCN1CCN(c2ccc(F)cc2)CC1)N1c2cccc3cccc(c23)S1(=O)=O. The van der Waals surface area contributed by atoms with Gasteiger partial charge in [0.25, 0.3) is 10.0 Å². The Kier molecular flexibility index (Phi) is 5.10. The van der Waals surface area contributed by atoms with E-state index in [1.807, 2.05) is 49.4 Å². The monoisotopic (exact) mass is 439 g/mol. The van der Waals surface area contributed by atoms with Crippen molar-refractivity contribution in [2.45, 2.75) is 24.3 Å². The van der Waals surface area contributed by atoms with Gasteiger partial charge in [0, 0.05) is 49.8 Å². The number of piperazine rings is 1. The van der Waals surface area contributed by atoms with Crippen LogP contribution in [0.4, 0.5) is 15.8 Å². The van der Waals surface area contributed by atoms with Gasteiger partial charge in [-0.2, -0.15) is 0 Å². The van der Waals surface area contributed by atoms with Crippen LogP contribution in [0, 0.1) is 5.82 Å². The van der Waals surface area contributed by atoms with Crippen LogP contribution in [0.3, 0.4) is 0 Å². The first-order chi connectivity index (χ1) is 14.9. The third kappa shape index (κ3) is 3.55. The van der Waals surface area contributed by atoms with Crippen LogP contribution in [0.25, 0.3) is 10.8 Å².